The van der Waals surface area contributed by atoms with Gasteiger partial charge in [-0.05, 0) is 243 Å². The van der Waals surface area contributed by atoms with Crippen LogP contribution in [0.3, 0.4) is 0 Å². The van der Waals surface area contributed by atoms with Crippen LogP contribution in [0, 0.1) is 0 Å². The number of aromatic nitrogens is 6. The molecule has 0 saturated heterocycles. The maximum absolute atomic E-state index is 5.34. The fourth-order valence-electron chi connectivity index (χ4n) is 21.3. The fourth-order valence-corrected chi connectivity index (χ4v) is 21.3. The third-order valence-electron chi connectivity index (χ3n) is 27.9. The van der Waals surface area contributed by atoms with E-state index in [9.17, 15) is 0 Å². The highest BCUT2D eigenvalue weighted by molar-refractivity contribution is 6.22. The van der Waals surface area contributed by atoms with Crippen LogP contribution in [0.25, 0.3) is 278 Å². The minimum absolute atomic E-state index is 0.711. The lowest BCUT2D eigenvalue weighted by atomic mass is 9.92. The second-order valence-corrected chi connectivity index (χ2v) is 36.1. The van der Waals surface area contributed by atoms with Crippen LogP contribution in [0.15, 0.2) is 510 Å². The van der Waals surface area contributed by atoms with Gasteiger partial charge in [-0.1, -0.05) is 443 Å². The first-order valence-electron chi connectivity index (χ1n) is 47.8. The van der Waals surface area contributed by atoms with Crippen LogP contribution in [0.2, 0.25) is 0 Å². The van der Waals surface area contributed by atoms with E-state index in [2.05, 4.69) is 479 Å². The zero-order valence-electron chi connectivity index (χ0n) is 76.2. The molecule has 0 amide bonds. The van der Waals surface area contributed by atoms with Crippen LogP contribution in [0.4, 0.5) is 0 Å². The van der Waals surface area contributed by atoms with Gasteiger partial charge < -0.3 is 0 Å². The van der Waals surface area contributed by atoms with Gasteiger partial charge in [0.1, 0.15) is 0 Å². The van der Waals surface area contributed by atoms with Crippen molar-refractivity contribution in [2.75, 3.05) is 0 Å². The molecule has 140 heavy (non-hydrogen) atoms. The average Bonchev–Trinajstić information content (AvgIpc) is 1.60. The van der Waals surface area contributed by atoms with Crippen molar-refractivity contribution in [3.63, 3.8) is 0 Å². The number of benzene rings is 22. The minimum Gasteiger partial charge on any atom is -0.228 e. The van der Waals surface area contributed by atoms with Crippen LogP contribution in [0.1, 0.15) is 0 Å². The molecule has 25 aromatic rings. The van der Waals surface area contributed by atoms with Crippen molar-refractivity contribution in [3.05, 3.63) is 510 Å². The number of rotatable bonds is 14. The standard InChI is InChI=1S/C48H30N2.C44H28N2.C42H26N2/c1-3-13-31(14-4-1)35-25-27-41(38-20-8-7-19-37(35)38)46-30-45(49-48(50-46)32-15-5-2-6-16-32)34-18-11-17-33(29-34)36-26-28-44-40-22-10-9-21-39(40)43-24-12-23-42(36)47(43)44;1-4-13-29(14-5-1)32-25-33(30-15-6-2-7-16-30)27-34(26-32)42-28-41(31-17-8-3-9-18-31)45-44(46-42)40-24-23-39-36-20-11-10-19-35(36)37-21-12-22-38(40)43(37)39;1-2-11-28(12-3-1)39-26-40(32-15-8-14-30(25-32)31-21-20-27-10-4-5-13-29(27)24-31)44-42(43-39)38-23-22-37-34-17-7-6-16-33(34)35-18-9-19-36(38)41(35)37/h1-30H;1-28H;1-26H. The molecule has 0 fully saturated rings. The summed E-state index contributed by atoms with van der Waals surface area (Å²) in [5.74, 6) is 2.17. The van der Waals surface area contributed by atoms with Gasteiger partial charge in [0.25, 0.3) is 0 Å². The van der Waals surface area contributed by atoms with E-state index in [0.717, 1.165) is 113 Å². The largest absolute Gasteiger partial charge is 0.228 e. The van der Waals surface area contributed by atoms with Crippen molar-refractivity contribution < 1.29 is 0 Å². The summed E-state index contributed by atoms with van der Waals surface area (Å²) in [6, 6.07) is 181. The molecule has 3 aromatic heterocycles. The summed E-state index contributed by atoms with van der Waals surface area (Å²) in [5.41, 5.74) is 42.2. The molecular weight excluding hydrogens is 1690 g/mol. The molecule has 3 heterocycles. The van der Waals surface area contributed by atoms with Gasteiger partial charge in [0.15, 0.2) is 17.5 Å². The second-order valence-electron chi connectivity index (χ2n) is 36.1. The third-order valence-corrected chi connectivity index (χ3v) is 27.9. The van der Waals surface area contributed by atoms with Gasteiger partial charge in [-0.15, -0.1) is 0 Å². The Labute approximate surface area is 811 Å². The Kier molecular flexibility index (Phi) is 20.5. The van der Waals surface area contributed by atoms with E-state index >= 15 is 0 Å². The summed E-state index contributed by atoms with van der Waals surface area (Å²) in [5, 5.41) is 12.4. The molecule has 0 saturated carbocycles. The monoisotopic (exact) mass is 1780 g/mol. The molecule has 0 bridgehead atoms. The molecular formula is C134H84N6. The molecule has 3 aliphatic carbocycles. The lowest BCUT2D eigenvalue weighted by Gasteiger charge is -2.14. The normalized spacial score (nSPS) is 11.6. The quantitative estimate of drug-likeness (QED) is 0.108. The summed E-state index contributed by atoms with van der Waals surface area (Å²) >= 11 is 0. The van der Waals surface area contributed by atoms with Crippen LogP contribution in [-0.4, -0.2) is 29.9 Å². The van der Waals surface area contributed by atoms with Crippen molar-refractivity contribution in [2.45, 2.75) is 0 Å². The maximum Gasteiger partial charge on any atom is 0.161 e. The third kappa shape index (κ3) is 14.9. The van der Waals surface area contributed by atoms with Gasteiger partial charge in [-0.25, -0.2) is 29.9 Å². The van der Waals surface area contributed by atoms with E-state index in [1.165, 1.54) is 160 Å². The summed E-state index contributed by atoms with van der Waals surface area (Å²) < 4.78 is 0. The lowest BCUT2D eigenvalue weighted by Crippen LogP contribution is -1.97. The van der Waals surface area contributed by atoms with E-state index < -0.39 is 0 Å². The fraction of sp³-hybridized carbons (Fsp3) is 0. The van der Waals surface area contributed by atoms with Gasteiger partial charge in [-0.3, -0.25) is 0 Å². The molecule has 0 atom stereocenters. The van der Waals surface area contributed by atoms with Crippen molar-refractivity contribution in [1.82, 2.24) is 29.9 Å². The first kappa shape index (κ1) is 82.1. The molecule has 0 spiro atoms. The first-order chi connectivity index (χ1) is 69.4. The van der Waals surface area contributed by atoms with Crippen molar-refractivity contribution in [1.29, 1.82) is 0 Å². The van der Waals surface area contributed by atoms with Gasteiger partial charge in [0.2, 0.25) is 0 Å². The molecule has 6 nitrogen and oxygen atoms in total. The zero-order valence-corrected chi connectivity index (χ0v) is 76.2. The van der Waals surface area contributed by atoms with E-state index in [1.54, 1.807) is 0 Å². The van der Waals surface area contributed by atoms with Gasteiger partial charge in [0, 0.05) is 50.1 Å². The van der Waals surface area contributed by atoms with Crippen molar-refractivity contribution >= 4 is 53.9 Å². The average molecular weight is 1780 g/mol. The number of fused-ring (bicyclic) bond motifs is 11. The Bertz CT molecular complexity index is 9080. The molecule has 650 valence electrons. The predicted octanol–water partition coefficient (Wildman–Crippen LogP) is 35.5. The second kappa shape index (κ2) is 35.0. The SMILES string of the molecule is c1ccc(-c2cc(-c3cccc(-c4ccc5ccccc5c4)c3)nc(-c3ccc4c5c(cccc35)-c3ccccc3-4)n2)cc1.c1ccc(-c2cc(-c3ccccc3)cc(-c3cc(-c4ccccc4)nc(-c4ccc5c6c(cccc46)-c4ccccc4-5)n3)c2)cc1.c1ccc(-c2nc(-c3cccc(-c4ccc5c6c(cccc46)-c4ccccc4-5)c3)cc(-c3ccc(-c4ccccc4)c4ccccc34)n2)cc1. The summed E-state index contributed by atoms with van der Waals surface area (Å²) in [7, 11) is 0. The molecule has 6 heteroatoms. The van der Waals surface area contributed by atoms with E-state index in [0.29, 0.717) is 5.82 Å². The molecule has 22 aromatic carbocycles. The maximum atomic E-state index is 5.34. The molecule has 0 radical (unpaired) electrons. The van der Waals surface area contributed by atoms with E-state index in [1.807, 2.05) is 30.3 Å². The van der Waals surface area contributed by atoms with Crippen molar-refractivity contribution in [3.8, 4) is 224 Å². The molecule has 28 rings (SSSR count). The Morgan fingerprint density at radius 3 is 0.836 bits per heavy atom. The number of nitrogens with zero attached hydrogens (tertiary/aromatic N) is 6. The van der Waals surface area contributed by atoms with E-state index in [-0.39, 0.29) is 0 Å². The smallest absolute Gasteiger partial charge is 0.161 e. The van der Waals surface area contributed by atoms with Gasteiger partial charge in [0.05, 0.1) is 34.2 Å². The van der Waals surface area contributed by atoms with E-state index in [4.69, 9.17) is 29.9 Å². The lowest BCUT2D eigenvalue weighted by molar-refractivity contribution is 1.18. The Morgan fingerprint density at radius 2 is 0.364 bits per heavy atom. The Hall–Kier alpha value is -18.6. The molecule has 0 aliphatic heterocycles. The zero-order chi connectivity index (χ0) is 92.5. The van der Waals surface area contributed by atoms with Crippen LogP contribution >= 0.6 is 0 Å². The Balaban J connectivity index is 0.000000108. The number of hydrogen-bond acceptors (Lipinski definition) is 6. The van der Waals surface area contributed by atoms with Crippen LogP contribution in [-0.2, 0) is 0 Å². The highest BCUT2D eigenvalue weighted by Gasteiger charge is 2.29. The summed E-state index contributed by atoms with van der Waals surface area (Å²) in [6.45, 7) is 0. The molecule has 0 N–H and O–H groups in total. The first-order valence-corrected chi connectivity index (χ1v) is 47.8. The topological polar surface area (TPSA) is 77.3 Å². The predicted molar refractivity (Wildman–Crippen MR) is 583 cm³/mol. The van der Waals surface area contributed by atoms with Crippen LogP contribution < -0.4 is 0 Å². The van der Waals surface area contributed by atoms with Crippen molar-refractivity contribution in [2.24, 2.45) is 0 Å². The minimum atomic E-state index is 0.711. The number of hydrogen-bond donors (Lipinski definition) is 0. The summed E-state index contributed by atoms with van der Waals surface area (Å²) in [6.07, 6.45) is 0. The van der Waals surface area contributed by atoms with Gasteiger partial charge in [-0.2, -0.15) is 0 Å². The van der Waals surface area contributed by atoms with Crippen LogP contribution in [0.5, 0.6) is 0 Å². The molecule has 3 aliphatic rings. The Morgan fingerprint density at radius 1 is 0.100 bits per heavy atom. The highest BCUT2D eigenvalue weighted by atomic mass is 14.9. The molecule has 0 unspecified atom stereocenters. The highest BCUT2D eigenvalue weighted by Crippen LogP contribution is 2.54. The van der Waals surface area contributed by atoms with Gasteiger partial charge >= 0.3 is 0 Å². The summed E-state index contributed by atoms with van der Waals surface area (Å²) in [4.78, 5) is 31.4.